The molecule has 3 aliphatic rings. The van der Waals surface area contributed by atoms with Crippen LogP contribution in [0.15, 0.2) is 0 Å². The lowest BCUT2D eigenvalue weighted by Gasteiger charge is -2.37. The minimum Gasteiger partial charge on any atom is -0.352 e. The summed E-state index contributed by atoms with van der Waals surface area (Å²) in [6.07, 6.45) is 7.59. The number of hydrogen-bond donors (Lipinski definition) is 1. The Hall–Kier alpha value is -0.610. The van der Waals surface area contributed by atoms with Crippen molar-refractivity contribution in [2.24, 2.45) is 0 Å². The molecular weight excluding hydrogens is 226 g/mol. The van der Waals surface area contributed by atoms with E-state index in [1.165, 1.54) is 45.1 Å². The maximum absolute atomic E-state index is 12.0. The van der Waals surface area contributed by atoms with Crippen molar-refractivity contribution in [2.75, 3.05) is 32.7 Å². The van der Waals surface area contributed by atoms with E-state index in [0.717, 1.165) is 25.7 Å². The van der Waals surface area contributed by atoms with Crippen LogP contribution in [-0.2, 0) is 4.79 Å². The summed E-state index contributed by atoms with van der Waals surface area (Å²) in [4.78, 5) is 16.9. The third-order valence-corrected chi connectivity index (χ3v) is 4.76. The Balaban J connectivity index is 1.43. The first-order valence-corrected chi connectivity index (χ1v) is 7.57. The van der Waals surface area contributed by atoms with Crippen molar-refractivity contribution in [1.82, 2.24) is 15.1 Å². The Morgan fingerprint density at radius 2 is 1.89 bits per heavy atom. The number of hydrogen-bond acceptors (Lipinski definition) is 3. The van der Waals surface area contributed by atoms with Crippen LogP contribution in [0.4, 0.5) is 0 Å². The Bertz CT molecular complexity index is 301. The molecule has 0 bridgehead atoms. The van der Waals surface area contributed by atoms with Gasteiger partial charge in [-0.25, -0.2) is 0 Å². The van der Waals surface area contributed by atoms with Crippen LogP contribution in [0.5, 0.6) is 0 Å². The molecule has 4 heteroatoms. The zero-order valence-corrected chi connectivity index (χ0v) is 11.2. The summed E-state index contributed by atoms with van der Waals surface area (Å²) in [5, 5.41) is 3.19. The number of amides is 1. The number of nitrogens with zero attached hydrogens (tertiary/aromatic N) is 2. The molecule has 0 aromatic carbocycles. The van der Waals surface area contributed by atoms with E-state index in [1.807, 2.05) is 0 Å². The Kier molecular flexibility index (Phi) is 3.85. The fraction of sp³-hybridized carbons (Fsp3) is 0.929. The maximum Gasteiger partial charge on any atom is 0.234 e. The molecule has 1 unspecified atom stereocenters. The van der Waals surface area contributed by atoms with Crippen molar-refractivity contribution in [3.8, 4) is 0 Å². The van der Waals surface area contributed by atoms with Crippen LogP contribution < -0.4 is 5.32 Å². The molecule has 18 heavy (non-hydrogen) atoms. The Labute approximate surface area is 110 Å². The molecule has 0 aromatic heterocycles. The molecule has 102 valence electrons. The van der Waals surface area contributed by atoms with Gasteiger partial charge in [0.15, 0.2) is 0 Å². The van der Waals surface area contributed by atoms with E-state index in [1.54, 1.807) is 0 Å². The molecule has 1 aliphatic carbocycles. The number of fused-ring (bicyclic) bond motifs is 1. The van der Waals surface area contributed by atoms with Gasteiger partial charge in [0.2, 0.25) is 5.91 Å². The van der Waals surface area contributed by atoms with E-state index in [9.17, 15) is 4.79 Å². The first-order valence-electron chi connectivity index (χ1n) is 7.57. The van der Waals surface area contributed by atoms with E-state index in [2.05, 4.69) is 15.1 Å². The maximum atomic E-state index is 12.0. The molecule has 2 heterocycles. The molecule has 0 aromatic rings. The first kappa shape index (κ1) is 12.4. The van der Waals surface area contributed by atoms with Crippen LogP contribution in [-0.4, -0.2) is 60.5 Å². The Morgan fingerprint density at radius 1 is 1.06 bits per heavy atom. The van der Waals surface area contributed by atoms with Crippen molar-refractivity contribution >= 4 is 5.91 Å². The van der Waals surface area contributed by atoms with Crippen molar-refractivity contribution in [3.05, 3.63) is 0 Å². The molecule has 2 aliphatic heterocycles. The standard InChI is InChI=1S/C14H25N3O/c18-14(15-12-4-1-2-5-12)11-16-8-9-17-7-3-6-13(17)10-16/h12-13H,1-11H2,(H,15,18). The zero-order valence-electron chi connectivity index (χ0n) is 11.2. The lowest BCUT2D eigenvalue weighted by molar-refractivity contribution is -0.123. The van der Waals surface area contributed by atoms with Gasteiger partial charge in [-0.3, -0.25) is 14.6 Å². The van der Waals surface area contributed by atoms with Gasteiger partial charge in [-0.05, 0) is 32.2 Å². The molecule has 1 atom stereocenters. The predicted octanol–water partition coefficient (Wildman–Crippen LogP) is 0.825. The topological polar surface area (TPSA) is 35.6 Å². The van der Waals surface area contributed by atoms with Gasteiger partial charge >= 0.3 is 0 Å². The summed E-state index contributed by atoms with van der Waals surface area (Å²) in [6, 6.07) is 1.18. The van der Waals surface area contributed by atoms with E-state index in [0.29, 0.717) is 12.6 Å². The fourth-order valence-electron chi connectivity index (χ4n) is 3.75. The van der Waals surface area contributed by atoms with Gasteiger partial charge in [0, 0.05) is 31.7 Å². The monoisotopic (exact) mass is 251 g/mol. The molecule has 1 saturated carbocycles. The van der Waals surface area contributed by atoms with Gasteiger partial charge in [0.25, 0.3) is 0 Å². The molecule has 4 nitrogen and oxygen atoms in total. The minimum absolute atomic E-state index is 0.244. The number of carbonyl (C=O) groups excluding carboxylic acids is 1. The van der Waals surface area contributed by atoms with Crippen LogP contribution in [0.25, 0.3) is 0 Å². The summed E-state index contributed by atoms with van der Waals surface area (Å²) in [5.41, 5.74) is 0. The highest BCUT2D eigenvalue weighted by molar-refractivity contribution is 5.78. The van der Waals surface area contributed by atoms with E-state index in [4.69, 9.17) is 0 Å². The zero-order chi connectivity index (χ0) is 12.4. The average Bonchev–Trinajstić information content (AvgIpc) is 2.98. The number of rotatable bonds is 3. The van der Waals surface area contributed by atoms with Crippen molar-refractivity contribution in [1.29, 1.82) is 0 Å². The summed E-state index contributed by atoms with van der Waals surface area (Å²) < 4.78 is 0. The van der Waals surface area contributed by atoms with Crippen molar-refractivity contribution in [3.63, 3.8) is 0 Å². The third-order valence-electron chi connectivity index (χ3n) is 4.76. The normalized spacial score (nSPS) is 30.6. The highest BCUT2D eigenvalue weighted by atomic mass is 16.2. The van der Waals surface area contributed by atoms with Crippen molar-refractivity contribution in [2.45, 2.75) is 50.6 Å². The minimum atomic E-state index is 0.244. The molecule has 3 rings (SSSR count). The first-order chi connectivity index (χ1) is 8.81. The van der Waals surface area contributed by atoms with Gasteiger partial charge in [0.05, 0.1) is 6.54 Å². The molecule has 0 spiro atoms. The second kappa shape index (κ2) is 5.57. The summed E-state index contributed by atoms with van der Waals surface area (Å²) >= 11 is 0. The van der Waals surface area contributed by atoms with Crippen LogP contribution in [0.3, 0.4) is 0 Å². The molecule has 3 fully saturated rings. The van der Waals surface area contributed by atoms with E-state index < -0.39 is 0 Å². The Morgan fingerprint density at radius 3 is 2.72 bits per heavy atom. The fourth-order valence-corrected chi connectivity index (χ4v) is 3.75. The van der Waals surface area contributed by atoms with Gasteiger partial charge in [-0.1, -0.05) is 12.8 Å². The van der Waals surface area contributed by atoms with Crippen LogP contribution in [0, 0.1) is 0 Å². The molecular formula is C14H25N3O. The van der Waals surface area contributed by atoms with Gasteiger partial charge in [-0.2, -0.15) is 0 Å². The summed E-state index contributed by atoms with van der Waals surface area (Å²) in [6.45, 7) is 5.20. The lowest BCUT2D eigenvalue weighted by Crippen LogP contribution is -2.53. The SMILES string of the molecule is O=C(CN1CCN2CCCC2C1)NC1CCCC1. The summed E-state index contributed by atoms with van der Waals surface area (Å²) in [5.74, 6) is 0.244. The van der Waals surface area contributed by atoms with Gasteiger partial charge < -0.3 is 5.32 Å². The number of carbonyl (C=O) groups is 1. The van der Waals surface area contributed by atoms with Crippen LogP contribution >= 0.6 is 0 Å². The number of piperazine rings is 1. The highest BCUT2D eigenvalue weighted by Gasteiger charge is 2.31. The second-order valence-corrected chi connectivity index (χ2v) is 6.12. The highest BCUT2D eigenvalue weighted by Crippen LogP contribution is 2.21. The average molecular weight is 251 g/mol. The smallest absolute Gasteiger partial charge is 0.234 e. The third kappa shape index (κ3) is 2.86. The largest absolute Gasteiger partial charge is 0.352 e. The quantitative estimate of drug-likeness (QED) is 0.807. The van der Waals surface area contributed by atoms with Crippen LogP contribution in [0.1, 0.15) is 38.5 Å². The molecule has 1 N–H and O–H groups in total. The molecule has 1 amide bonds. The lowest BCUT2D eigenvalue weighted by atomic mass is 10.1. The number of nitrogens with one attached hydrogen (secondary N) is 1. The molecule has 0 radical (unpaired) electrons. The van der Waals surface area contributed by atoms with E-state index in [-0.39, 0.29) is 5.91 Å². The summed E-state index contributed by atoms with van der Waals surface area (Å²) in [7, 11) is 0. The molecule has 2 saturated heterocycles. The van der Waals surface area contributed by atoms with E-state index >= 15 is 0 Å². The van der Waals surface area contributed by atoms with Gasteiger partial charge in [0.1, 0.15) is 0 Å². The second-order valence-electron chi connectivity index (χ2n) is 6.12. The van der Waals surface area contributed by atoms with Crippen molar-refractivity contribution < 1.29 is 4.79 Å². The van der Waals surface area contributed by atoms with Crippen LogP contribution in [0.2, 0.25) is 0 Å². The predicted molar refractivity (Wildman–Crippen MR) is 71.4 cm³/mol. The van der Waals surface area contributed by atoms with Gasteiger partial charge in [-0.15, -0.1) is 0 Å².